The molecule has 2 rings (SSSR count). The number of carbonyl (C=O) groups excluding carboxylic acids is 2. The van der Waals surface area contributed by atoms with Crippen LogP contribution in [0.15, 0.2) is 18.6 Å². The highest BCUT2D eigenvalue weighted by atomic mass is 16.6. The van der Waals surface area contributed by atoms with Crippen molar-refractivity contribution in [3.05, 3.63) is 24.3 Å². The molecular weight excluding hydrogens is 298 g/mol. The van der Waals surface area contributed by atoms with Gasteiger partial charge in [-0.1, -0.05) is 0 Å². The summed E-state index contributed by atoms with van der Waals surface area (Å²) in [5.41, 5.74) is -0.191. The van der Waals surface area contributed by atoms with Crippen molar-refractivity contribution in [1.82, 2.24) is 14.9 Å². The maximum absolute atomic E-state index is 12.0. The van der Waals surface area contributed by atoms with Crippen molar-refractivity contribution in [2.45, 2.75) is 32.8 Å². The van der Waals surface area contributed by atoms with E-state index in [9.17, 15) is 9.59 Å². The molecule has 1 amide bonds. The van der Waals surface area contributed by atoms with E-state index in [1.807, 2.05) is 20.8 Å². The molecule has 0 bridgehead atoms. The van der Waals surface area contributed by atoms with Crippen molar-refractivity contribution in [2.24, 2.45) is 5.92 Å². The first-order valence-corrected chi connectivity index (χ1v) is 7.70. The highest BCUT2D eigenvalue weighted by molar-refractivity contribution is 5.94. The minimum atomic E-state index is -0.491. The molecule has 23 heavy (non-hydrogen) atoms. The average molecular weight is 321 g/mol. The summed E-state index contributed by atoms with van der Waals surface area (Å²) in [6.45, 7) is 7.20. The fourth-order valence-electron chi connectivity index (χ4n) is 2.30. The van der Waals surface area contributed by atoms with Gasteiger partial charge in [0, 0.05) is 31.4 Å². The van der Waals surface area contributed by atoms with Crippen LogP contribution in [0, 0.1) is 5.92 Å². The van der Waals surface area contributed by atoms with Gasteiger partial charge in [-0.25, -0.2) is 9.78 Å². The van der Waals surface area contributed by atoms with E-state index in [-0.39, 0.29) is 24.4 Å². The number of Topliss-reactive ketones (excluding diaryl/α,β-unsaturated/α-hetero) is 1. The van der Waals surface area contributed by atoms with Crippen LogP contribution >= 0.6 is 0 Å². The lowest BCUT2D eigenvalue weighted by Gasteiger charge is -2.24. The van der Waals surface area contributed by atoms with Gasteiger partial charge in [-0.05, 0) is 27.2 Å². The maximum Gasteiger partial charge on any atom is 0.410 e. The maximum atomic E-state index is 12.0. The number of amides is 1. The first-order chi connectivity index (χ1) is 10.8. The molecule has 1 aliphatic rings. The number of aromatic nitrogens is 2. The molecule has 0 radical (unpaired) electrons. The Kier molecular flexibility index (Phi) is 5.65. The van der Waals surface area contributed by atoms with Gasteiger partial charge < -0.3 is 14.4 Å². The van der Waals surface area contributed by atoms with E-state index >= 15 is 0 Å². The summed E-state index contributed by atoms with van der Waals surface area (Å²) < 4.78 is 10.8. The number of ether oxygens (including phenoxy) is 2. The van der Waals surface area contributed by atoms with Crippen molar-refractivity contribution in [1.29, 1.82) is 0 Å². The number of hydrogen-bond acceptors (Lipinski definition) is 6. The Labute approximate surface area is 136 Å². The monoisotopic (exact) mass is 321 g/mol. The van der Waals surface area contributed by atoms with E-state index in [1.165, 1.54) is 18.6 Å². The van der Waals surface area contributed by atoms with Crippen molar-refractivity contribution in [2.75, 3.05) is 26.3 Å². The van der Waals surface area contributed by atoms with E-state index in [2.05, 4.69) is 9.97 Å². The van der Waals surface area contributed by atoms with Gasteiger partial charge in [0.05, 0.1) is 12.8 Å². The third kappa shape index (κ3) is 5.59. The fourth-order valence-corrected chi connectivity index (χ4v) is 2.30. The summed E-state index contributed by atoms with van der Waals surface area (Å²) in [4.78, 5) is 33.3. The third-order valence-corrected chi connectivity index (χ3v) is 3.37. The van der Waals surface area contributed by atoms with E-state index in [0.29, 0.717) is 25.4 Å². The molecule has 1 atom stereocenters. The van der Waals surface area contributed by atoms with Crippen LogP contribution in [-0.2, 0) is 9.47 Å². The van der Waals surface area contributed by atoms with E-state index in [0.717, 1.165) is 6.42 Å². The van der Waals surface area contributed by atoms with E-state index in [4.69, 9.17) is 9.47 Å². The Bertz CT molecular complexity index is 542. The molecule has 2 heterocycles. The number of nitrogens with zero attached hydrogens (tertiary/aromatic N) is 3. The second-order valence-corrected chi connectivity index (χ2v) is 6.61. The molecule has 7 heteroatoms. The van der Waals surface area contributed by atoms with Gasteiger partial charge in [0.25, 0.3) is 0 Å². The zero-order valence-corrected chi connectivity index (χ0v) is 13.8. The minimum Gasteiger partial charge on any atom is -0.444 e. The highest BCUT2D eigenvalue weighted by Gasteiger charge is 2.29. The Balaban J connectivity index is 1.70. The molecule has 126 valence electrons. The lowest BCUT2D eigenvalue weighted by atomic mass is 10.1. The van der Waals surface area contributed by atoms with Gasteiger partial charge in [-0.2, -0.15) is 0 Å². The molecule has 1 fully saturated rings. The van der Waals surface area contributed by atoms with Gasteiger partial charge in [0.2, 0.25) is 5.78 Å². The molecule has 1 aromatic heterocycles. The van der Waals surface area contributed by atoms with Crippen molar-refractivity contribution in [3.8, 4) is 0 Å². The first kappa shape index (κ1) is 17.3. The quantitative estimate of drug-likeness (QED) is 0.771. The summed E-state index contributed by atoms with van der Waals surface area (Å²) in [5.74, 6) is 0.0253. The largest absolute Gasteiger partial charge is 0.444 e. The molecular formula is C16H23N3O4. The Morgan fingerprint density at radius 3 is 2.78 bits per heavy atom. The van der Waals surface area contributed by atoms with Crippen LogP contribution < -0.4 is 0 Å². The molecule has 0 aliphatic carbocycles. The summed E-state index contributed by atoms with van der Waals surface area (Å²) >= 11 is 0. The first-order valence-electron chi connectivity index (χ1n) is 7.70. The lowest BCUT2D eigenvalue weighted by molar-refractivity contribution is 0.0273. The molecule has 0 N–H and O–H groups in total. The third-order valence-electron chi connectivity index (χ3n) is 3.37. The SMILES string of the molecule is CC(C)(C)OC(=O)N1CC[C@H](COCC(=O)c2cnccn2)C1. The molecule has 1 aliphatic heterocycles. The Morgan fingerprint density at radius 1 is 1.35 bits per heavy atom. The summed E-state index contributed by atoms with van der Waals surface area (Å²) in [7, 11) is 0. The molecule has 7 nitrogen and oxygen atoms in total. The number of ketones is 1. The number of hydrogen-bond donors (Lipinski definition) is 0. The van der Waals surface area contributed by atoms with Crippen LogP contribution in [0.5, 0.6) is 0 Å². The summed E-state index contributed by atoms with van der Waals surface area (Å²) in [5, 5.41) is 0. The van der Waals surface area contributed by atoms with Crippen LogP contribution in [0.4, 0.5) is 4.79 Å². The number of carbonyl (C=O) groups is 2. The number of likely N-dealkylation sites (tertiary alicyclic amines) is 1. The Morgan fingerprint density at radius 2 is 2.13 bits per heavy atom. The molecule has 0 saturated carbocycles. The molecule has 0 spiro atoms. The average Bonchev–Trinajstić information content (AvgIpc) is 2.95. The normalized spacial score (nSPS) is 18.0. The van der Waals surface area contributed by atoms with Gasteiger partial charge in [-0.15, -0.1) is 0 Å². The second-order valence-electron chi connectivity index (χ2n) is 6.61. The van der Waals surface area contributed by atoms with Gasteiger partial charge in [0.1, 0.15) is 17.9 Å². The van der Waals surface area contributed by atoms with Gasteiger partial charge >= 0.3 is 6.09 Å². The van der Waals surface area contributed by atoms with Crippen LogP contribution in [0.1, 0.15) is 37.7 Å². The van der Waals surface area contributed by atoms with E-state index < -0.39 is 5.60 Å². The van der Waals surface area contributed by atoms with Gasteiger partial charge in [0.15, 0.2) is 0 Å². The van der Waals surface area contributed by atoms with Crippen LogP contribution in [0.25, 0.3) is 0 Å². The zero-order valence-electron chi connectivity index (χ0n) is 13.8. The van der Waals surface area contributed by atoms with Gasteiger partial charge in [-0.3, -0.25) is 9.78 Å². The standard InChI is InChI=1S/C16H23N3O4/c1-16(2,3)23-15(21)19-7-4-12(9-19)10-22-11-14(20)13-8-17-5-6-18-13/h5-6,8,12H,4,7,9-11H2,1-3H3/t12-/m0/s1. The van der Waals surface area contributed by atoms with Crippen LogP contribution in [0.3, 0.4) is 0 Å². The second kappa shape index (κ2) is 7.50. The molecule has 1 saturated heterocycles. The van der Waals surface area contributed by atoms with Crippen LogP contribution in [0.2, 0.25) is 0 Å². The Hall–Kier alpha value is -2.02. The smallest absolute Gasteiger partial charge is 0.410 e. The summed E-state index contributed by atoms with van der Waals surface area (Å²) in [6, 6.07) is 0. The molecule has 0 aromatic carbocycles. The predicted octanol–water partition coefficient (Wildman–Crippen LogP) is 1.93. The zero-order chi connectivity index (χ0) is 16.9. The molecule has 0 unspecified atom stereocenters. The lowest BCUT2D eigenvalue weighted by Crippen LogP contribution is -2.35. The highest BCUT2D eigenvalue weighted by Crippen LogP contribution is 2.19. The minimum absolute atomic E-state index is 0.0262. The molecule has 1 aromatic rings. The predicted molar refractivity (Wildman–Crippen MR) is 83.1 cm³/mol. The van der Waals surface area contributed by atoms with Crippen LogP contribution in [-0.4, -0.2) is 58.6 Å². The van der Waals surface area contributed by atoms with E-state index in [1.54, 1.807) is 4.90 Å². The fraction of sp³-hybridized carbons (Fsp3) is 0.625. The topological polar surface area (TPSA) is 81.6 Å². The summed E-state index contributed by atoms with van der Waals surface area (Å²) in [6.07, 6.45) is 4.96. The number of rotatable bonds is 5. The van der Waals surface area contributed by atoms with Crippen molar-refractivity contribution >= 4 is 11.9 Å². The van der Waals surface area contributed by atoms with Crippen molar-refractivity contribution < 1.29 is 19.1 Å². The van der Waals surface area contributed by atoms with Crippen molar-refractivity contribution in [3.63, 3.8) is 0 Å².